The monoisotopic (exact) mass is 364 g/mol. The van der Waals surface area contributed by atoms with E-state index in [-0.39, 0.29) is 5.78 Å². The van der Waals surface area contributed by atoms with Gasteiger partial charge in [0.25, 0.3) is 0 Å². The third kappa shape index (κ3) is 3.80. The summed E-state index contributed by atoms with van der Waals surface area (Å²) in [5.74, 6) is 1.84. The Morgan fingerprint density at radius 1 is 1.00 bits per heavy atom. The van der Waals surface area contributed by atoms with Crippen molar-refractivity contribution in [2.75, 3.05) is 14.2 Å². The smallest absolute Gasteiger partial charge is 0.161 e. The van der Waals surface area contributed by atoms with E-state index in [0.29, 0.717) is 23.7 Å². The summed E-state index contributed by atoms with van der Waals surface area (Å²) in [4.78, 5) is 11.4. The first-order valence-electron chi connectivity index (χ1n) is 6.69. The van der Waals surface area contributed by atoms with Crippen LogP contribution in [0.25, 0.3) is 0 Å². The number of methoxy groups -OCH3 is 2. The lowest BCUT2D eigenvalue weighted by Crippen LogP contribution is -2.01. The molecule has 2 aromatic carbocycles. The van der Waals surface area contributed by atoms with Gasteiger partial charge < -0.3 is 14.2 Å². The van der Waals surface area contributed by atoms with Crippen LogP contribution >= 0.6 is 15.9 Å². The molecule has 2 aromatic rings. The predicted octanol–water partition coefficient (Wildman–Crippen LogP) is 4.25. The van der Waals surface area contributed by atoms with Crippen LogP contribution in [0.5, 0.6) is 17.2 Å². The number of hydrogen-bond donors (Lipinski definition) is 0. The summed E-state index contributed by atoms with van der Waals surface area (Å²) in [6.07, 6.45) is 0. The van der Waals surface area contributed by atoms with E-state index in [2.05, 4.69) is 15.9 Å². The Labute approximate surface area is 138 Å². The van der Waals surface area contributed by atoms with Crippen molar-refractivity contribution in [3.8, 4) is 17.2 Å². The normalized spacial score (nSPS) is 10.2. The van der Waals surface area contributed by atoms with E-state index in [1.54, 1.807) is 32.4 Å². The van der Waals surface area contributed by atoms with Gasteiger partial charge >= 0.3 is 0 Å². The topological polar surface area (TPSA) is 44.8 Å². The molecule has 0 amide bonds. The molecule has 2 rings (SSSR count). The average Bonchev–Trinajstić information content (AvgIpc) is 2.52. The van der Waals surface area contributed by atoms with Gasteiger partial charge in [-0.3, -0.25) is 4.79 Å². The van der Waals surface area contributed by atoms with Crippen LogP contribution in [-0.2, 0) is 6.61 Å². The van der Waals surface area contributed by atoms with Crippen molar-refractivity contribution in [3.63, 3.8) is 0 Å². The summed E-state index contributed by atoms with van der Waals surface area (Å²) in [5, 5.41) is 0. The third-order valence-corrected chi connectivity index (χ3v) is 3.69. The zero-order valence-electron chi connectivity index (χ0n) is 12.7. The minimum atomic E-state index is -0.0153. The zero-order chi connectivity index (χ0) is 16.1. The number of halogens is 1. The molecule has 0 atom stereocenters. The molecule has 0 aliphatic heterocycles. The highest BCUT2D eigenvalue weighted by molar-refractivity contribution is 9.10. The van der Waals surface area contributed by atoms with Crippen LogP contribution in [0.15, 0.2) is 40.9 Å². The Kier molecular flexibility index (Phi) is 5.44. The molecule has 0 aliphatic carbocycles. The molecule has 0 unspecified atom stereocenters. The highest BCUT2D eigenvalue weighted by atomic mass is 79.9. The van der Waals surface area contributed by atoms with Crippen LogP contribution in [0.2, 0.25) is 0 Å². The van der Waals surface area contributed by atoms with Crippen molar-refractivity contribution in [2.45, 2.75) is 13.5 Å². The molecule has 0 heterocycles. The molecule has 0 aliphatic rings. The molecule has 0 spiro atoms. The molecule has 0 fully saturated rings. The molecule has 0 saturated carbocycles. The second-order valence-electron chi connectivity index (χ2n) is 4.67. The number of hydrogen-bond acceptors (Lipinski definition) is 4. The Morgan fingerprint density at radius 2 is 1.68 bits per heavy atom. The van der Waals surface area contributed by atoms with Crippen LogP contribution in [0, 0.1) is 0 Å². The Balaban J connectivity index is 2.21. The number of ketones is 1. The largest absolute Gasteiger partial charge is 0.496 e. The van der Waals surface area contributed by atoms with Crippen molar-refractivity contribution in [2.24, 2.45) is 0 Å². The summed E-state index contributed by atoms with van der Waals surface area (Å²) < 4.78 is 17.4. The first kappa shape index (κ1) is 16.4. The van der Waals surface area contributed by atoms with Crippen molar-refractivity contribution in [3.05, 3.63) is 52.0 Å². The molecule has 5 heteroatoms. The van der Waals surface area contributed by atoms with E-state index in [9.17, 15) is 4.79 Å². The quantitative estimate of drug-likeness (QED) is 0.718. The van der Waals surface area contributed by atoms with Gasteiger partial charge in [-0.25, -0.2) is 0 Å². The fourth-order valence-corrected chi connectivity index (χ4v) is 2.43. The summed E-state index contributed by atoms with van der Waals surface area (Å²) in [5.41, 5.74) is 1.50. The summed E-state index contributed by atoms with van der Waals surface area (Å²) in [6, 6.07) is 10.9. The van der Waals surface area contributed by atoms with E-state index < -0.39 is 0 Å². The Morgan fingerprint density at radius 3 is 2.32 bits per heavy atom. The van der Waals surface area contributed by atoms with E-state index in [1.165, 1.54) is 6.92 Å². The van der Waals surface area contributed by atoms with Crippen molar-refractivity contribution in [1.82, 2.24) is 0 Å². The van der Waals surface area contributed by atoms with Crippen LogP contribution in [0.1, 0.15) is 22.8 Å². The molecule has 0 bridgehead atoms. The van der Waals surface area contributed by atoms with Crippen LogP contribution < -0.4 is 14.2 Å². The SMILES string of the molecule is COc1ccc(Br)cc1COc1ccc(C(C)=O)cc1OC. The number of rotatable bonds is 6. The van der Waals surface area contributed by atoms with Gasteiger partial charge in [0.1, 0.15) is 12.4 Å². The first-order valence-corrected chi connectivity index (χ1v) is 7.48. The zero-order valence-corrected chi connectivity index (χ0v) is 14.3. The van der Waals surface area contributed by atoms with Crippen LogP contribution in [0.3, 0.4) is 0 Å². The van der Waals surface area contributed by atoms with Gasteiger partial charge in [-0.05, 0) is 43.3 Å². The third-order valence-electron chi connectivity index (χ3n) is 3.20. The minimum Gasteiger partial charge on any atom is -0.496 e. The maximum absolute atomic E-state index is 11.4. The molecule has 22 heavy (non-hydrogen) atoms. The standard InChI is InChI=1S/C17H17BrO4/c1-11(19)12-4-6-16(17(9-12)21-3)22-10-13-8-14(18)5-7-15(13)20-2/h4-9H,10H2,1-3H3. The van der Waals surface area contributed by atoms with E-state index in [1.807, 2.05) is 18.2 Å². The molecule has 4 nitrogen and oxygen atoms in total. The number of benzene rings is 2. The predicted molar refractivity (Wildman–Crippen MR) is 88.0 cm³/mol. The number of carbonyl (C=O) groups is 1. The number of ether oxygens (including phenoxy) is 3. The molecule has 0 aromatic heterocycles. The van der Waals surface area contributed by atoms with E-state index in [4.69, 9.17) is 14.2 Å². The molecule has 0 radical (unpaired) electrons. The van der Waals surface area contributed by atoms with Gasteiger partial charge in [-0.2, -0.15) is 0 Å². The molecule has 116 valence electrons. The highest BCUT2D eigenvalue weighted by Crippen LogP contribution is 2.30. The Bertz CT molecular complexity index is 682. The van der Waals surface area contributed by atoms with Gasteiger partial charge in [0.15, 0.2) is 17.3 Å². The van der Waals surface area contributed by atoms with Gasteiger partial charge in [-0.15, -0.1) is 0 Å². The average molecular weight is 365 g/mol. The first-order chi connectivity index (χ1) is 10.5. The van der Waals surface area contributed by atoms with Crippen LogP contribution in [0.4, 0.5) is 0 Å². The van der Waals surface area contributed by atoms with Crippen LogP contribution in [-0.4, -0.2) is 20.0 Å². The highest BCUT2D eigenvalue weighted by Gasteiger charge is 2.10. The fraction of sp³-hybridized carbons (Fsp3) is 0.235. The number of carbonyl (C=O) groups excluding carboxylic acids is 1. The fourth-order valence-electron chi connectivity index (χ4n) is 2.02. The van der Waals surface area contributed by atoms with Crippen molar-refractivity contribution >= 4 is 21.7 Å². The molecular weight excluding hydrogens is 348 g/mol. The molecular formula is C17H17BrO4. The van der Waals surface area contributed by atoms with E-state index >= 15 is 0 Å². The minimum absolute atomic E-state index is 0.0153. The van der Waals surface area contributed by atoms with Crippen molar-refractivity contribution in [1.29, 1.82) is 0 Å². The maximum Gasteiger partial charge on any atom is 0.161 e. The summed E-state index contributed by atoms with van der Waals surface area (Å²) >= 11 is 3.43. The Hall–Kier alpha value is -2.01. The van der Waals surface area contributed by atoms with Gasteiger partial charge in [-0.1, -0.05) is 15.9 Å². The summed E-state index contributed by atoms with van der Waals surface area (Å²) in [6.45, 7) is 1.85. The lowest BCUT2D eigenvalue weighted by Gasteiger charge is -2.13. The van der Waals surface area contributed by atoms with E-state index in [0.717, 1.165) is 15.8 Å². The van der Waals surface area contributed by atoms with Crippen molar-refractivity contribution < 1.29 is 19.0 Å². The lowest BCUT2D eigenvalue weighted by atomic mass is 10.1. The molecule has 0 N–H and O–H groups in total. The summed E-state index contributed by atoms with van der Waals surface area (Å²) in [7, 11) is 3.17. The maximum atomic E-state index is 11.4. The lowest BCUT2D eigenvalue weighted by molar-refractivity contribution is 0.101. The second kappa shape index (κ2) is 7.31. The van der Waals surface area contributed by atoms with Gasteiger partial charge in [0, 0.05) is 15.6 Å². The number of Topliss-reactive ketones (excluding diaryl/α,β-unsaturated/α-hetero) is 1. The second-order valence-corrected chi connectivity index (χ2v) is 5.58. The van der Waals surface area contributed by atoms with Gasteiger partial charge in [0.05, 0.1) is 14.2 Å². The molecule has 0 saturated heterocycles. The van der Waals surface area contributed by atoms with Gasteiger partial charge in [0.2, 0.25) is 0 Å².